The van der Waals surface area contributed by atoms with Gasteiger partial charge in [0.25, 0.3) is 0 Å². The van der Waals surface area contributed by atoms with Crippen LogP contribution in [-0.2, 0) is 13.6 Å². The molecule has 1 heterocycles. The molecule has 3 heteroatoms. The lowest BCUT2D eigenvalue weighted by molar-refractivity contribution is 0.646. The Balaban J connectivity index is 2.30. The topological polar surface area (TPSA) is 43.8 Å². The van der Waals surface area contributed by atoms with Crippen molar-refractivity contribution in [3.8, 4) is 0 Å². The van der Waals surface area contributed by atoms with Gasteiger partial charge in [-0.1, -0.05) is 12.8 Å². The molecule has 1 fully saturated rings. The van der Waals surface area contributed by atoms with Crippen LogP contribution >= 0.6 is 0 Å². The molecule has 1 aromatic rings. The Morgan fingerprint density at radius 2 is 2.23 bits per heavy atom. The maximum Gasteiger partial charge on any atom is 0.0949 e. The lowest BCUT2D eigenvalue weighted by Gasteiger charge is -2.11. The van der Waals surface area contributed by atoms with Crippen LogP contribution in [0.2, 0.25) is 0 Å². The quantitative estimate of drug-likeness (QED) is 0.748. The minimum absolute atomic E-state index is 0.576. The zero-order valence-corrected chi connectivity index (χ0v) is 8.16. The number of rotatable bonds is 2. The predicted molar refractivity (Wildman–Crippen MR) is 52.3 cm³/mol. The van der Waals surface area contributed by atoms with Gasteiger partial charge in [-0.05, 0) is 12.8 Å². The lowest BCUT2D eigenvalue weighted by Crippen LogP contribution is -2.07. The first-order chi connectivity index (χ1) is 6.33. The summed E-state index contributed by atoms with van der Waals surface area (Å²) in [4.78, 5) is 4.32. The minimum Gasteiger partial charge on any atom is -0.337 e. The summed E-state index contributed by atoms with van der Waals surface area (Å²) in [6.45, 7) is 0.576. The fourth-order valence-corrected chi connectivity index (χ4v) is 2.37. The van der Waals surface area contributed by atoms with Gasteiger partial charge in [-0.25, -0.2) is 4.98 Å². The molecule has 0 saturated heterocycles. The molecule has 13 heavy (non-hydrogen) atoms. The Morgan fingerprint density at radius 3 is 2.85 bits per heavy atom. The van der Waals surface area contributed by atoms with Gasteiger partial charge in [-0.15, -0.1) is 0 Å². The highest BCUT2D eigenvalue weighted by Gasteiger charge is 2.22. The first kappa shape index (κ1) is 8.75. The molecular weight excluding hydrogens is 162 g/mol. The third-order valence-corrected chi connectivity index (χ3v) is 3.00. The summed E-state index contributed by atoms with van der Waals surface area (Å²) in [5.41, 5.74) is 8.12. The molecular formula is C10H17N3. The van der Waals surface area contributed by atoms with Gasteiger partial charge in [0.2, 0.25) is 0 Å². The van der Waals surface area contributed by atoms with Gasteiger partial charge < -0.3 is 10.3 Å². The fourth-order valence-electron chi connectivity index (χ4n) is 2.37. The van der Waals surface area contributed by atoms with E-state index in [0.717, 1.165) is 5.69 Å². The summed E-state index contributed by atoms with van der Waals surface area (Å²) < 4.78 is 2.14. The normalized spacial score (nSPS) is 18.3. The molecule has 0 aliphatic heterocycles. The molecule has 0 aromatic carbocycles. The Morgan fingerprint density at radius 1 is 1.54 bits per heavy atom. The molecule has 1 saturated carbocycles. The van der Waals surface area contributed by atoms with Crippen molar-refractivity contribution in [3.63, 3.8) is 0 Å². The maximum absolute atomic E-state index is 5.66. The second kappa shape index (κ2) is 3.50. The van der Waals surface area contributed by atoms with Crippen LogP contribution in [0.25, 0.3) is 0 Å². The third-order valence-electron chi connectivity index (χ3n) is 3.00. The van der Waals surface area contributed by atoms with E-state index in [-0.39, 0.29) is 0 Å². The number of aromatic nitrogens is 2. The van der Waals surface area contributed by atoms with Gasteiger partial charge in [0, 0.05) is 25.2 Å². The number of hydrogen-bond donors (Lipinski definition) is 1. The number of nitrogens with zero attached hydrogens (tertiary/aromatic N) is 2. The molecule has 1 aromatic heterocycles. The van der Waals surface area contributed by atoms with E-state index in [1.54, 1.807) is 0 Å². The molecule has 1 aliphatic rings. The lowest BCUT2D eigenvalue weighted by atomic mass is 10.0. The highest BCUT2D eigenvalue weighted by Crippen LogP contribution is 2.35. The van der Waals surface area contributed by atoms with Crippen molar-refractivity contribution < 1.29 is 0 Å². The smallest absolute Gasteiger partial charge is 0.0949 e. The van der Waals surface area contributed by atoms with E-state index in [2.05, 4.69) is 16.6 Å². The molecule has 0 atom stereocenters. The average molecular weight is 179 g/mol. The molecule has 0 unspecified atom stereocenters. The zero-order valence-electron chi connectivity index (χ0n) is 8.16. The Kier molecular flexibility index (Phi) is 2.36. The molecule has 0 bridgehead atoms. The van der Waals surface area contributed by atoms with Crippen molar-refractivity contribution >= 4 is 0 Å². The Labute approximate surface area is 79.0 Å². The van der Waals surface area contributed by atoms with Gasteiger partial charge in [-0.2, -0.15) is 0 Å². The molecule has 0 radical (unpaired) electrons. The van der Waals surface area contributed by atoms with Gasteiger partial charge in [0.1, 0.15) is 0 Å². The van der Waals surface area contributed by atoms with Crippen molar-refractivity contribution in [3.05, 3.63) is 17.7 Å². The van der Waals surface area contributed by atoms with Crippen LogP contribution in [0.15, 0.2) is 6.33 Å². The second-order valence-electron chi connectivity index (χ2n) is 3.87. The Bertz CT molecular complexity index is 284. The SMILES string of the molecule is Cn1cnc(CN)c1C1CCCC1. The van der Waals surface area contributed by atoms with Gasteiger partial charge in [0.15, 0.2) is 0 Å². The van der Waals surface area contributed by atoms with Crippen molar-refractivity contribution in [2.24, 2.45) is 12.8 Å². The highest BCUT2D eigenvalue weighted by atomic mass is 15.0. The van der Waals surface area contributed by atoms with Crippen LogP contribution in [0.5, 0.6) is 0 Å². The van der Waals surface area contributed by atoms with Gasteiger partial charge in [0.05, 0.1) is 12.0 Å². The maximum atomic E-state index is 5.66. The van der Waals surface area contributed by atoms with E-state index in [4.69, 9.17) is 5.73 Å². The number of imidazole rings is 1. The average Bonchev–Trinajstić information content (AvgIpc) is 2.72. The zero-order chi connectivity index (χ0) is 9.26. The van der Waals surface area contributed by atoms with Crippen molar-refractivity contribution in [1.29, 1.82) is 0 Å². The number of aryl methyl sites for hydroxylation is 1. The van der Waals surface area contributed by atoms with Crippen LogP contribution in [0.4, 0.5) is 0 Å². The highest BCUT2D eigenvalue weighted by molar-refractivity contribution is 5.18. The van der Waals surface area contributed by atoms with Crippen LogP contribution in [0.3, 0.4) is 0 Å². The van der Waals surface area contributed by atoms with E-state index >= 15 is 0 Å². The van der Waals surface area contributed by atoms with Gasteiger partial charge >= 0.3 is 0 Å². The van der Waals surface area contributed by atoms with Crippen LogP contribution in [0.1, 0.15) is 43.0 Å². The van der Waals surface area contributed by atoms with E-state index in [1.807, 2.05) is 6.33 Å². The Hall–Kier alpha value is -0.830. The van der Waals surface area contributed by atoms with Crippen molar-refractivity contribution in [2.75, 3.05) is 0 Å². The predicted octanol–water partition coefficient (Wildman–Crippen LogP) is 1.54. The van der Waals surface area contributed by atoms with Crippen LogP contribution in [0, 0.1) is 0 Å². The fraction of sp³-hybridized carbons (Fsp3) is 0.700. The minimum atomic E-state index is 0.576. The van der Waals surface area contributed by atoms with E-state index in [0.29, 0.717) is 12.5 Å². The third kappa shape index (κ3) is 1.48. The summed E-state index contributed by atoms with van der Waals surface area (Å²) >= 11 is 0. The largest absolute Gasteiger partial charge is 0.337 e. The van der Waals surface area contributed by atoms with Crippen molar-refractivity contribution in [2.45, 2.75) is 38.1 Å². The van der Waals surface area contributed by atoms with E-state index < -0.39 is 0 Å². The second-order valence-corrected chi connectivity index (χ2v) is 3.87. The summed E-state index contributed by atoms with van der Waals surface area (Å²) in [6.07, 6.45) is 7.23. The molecule has 1 aliphatic carbocycles. The first-order valence-electron chi connectivity index (χ1n) is 5.03. The van der Waals surface area contributed by atoms with E-state index in [9.17, 15) is 0 Å². The molecule has 72 valence electrons. The summed E-state index contributed by atoms with van der Waals surface area (Å²) in [5, 5.41) is 0. The molecule has 3 nitrogen and oxygen atoms in total. The molecule has 2 rings (SSSR count). The van der Waals surface area contributed by atoms with Crippen LogP contribution in [-0.4, -0.2) is 9.55 Å². The number of hydrogen-bond acceptors (Lipinski definition) is 2. The molecule has 2 N–H and O–H groups in total. The van der Waals surface area contributed by atoms with Crippen molar-refractivity contribution in [1.82, 2.24) is 9.55 Å². The standard InChI is InChI=1S/C10H17N3/c1-13-7-12-9(6-11)10(13)8-4-2-3-5-8/h7-8H,2-6,11H2,1H3. The summed E-state index contributed by atoms with van der Waals surface area (Å²) in [5.74, 6) is 0.714. The summed E-state index contributed by atoms with van der Waals surface area (Å²) in [6, 6.07) is 0. The molecule has 0 spiro atoms. The van der Waals surface area contributed by atoms with E-state index in [1.165, 1.54) is 31.4 Å². The summed E-state index contributed by atoms with van der Waals surface area (Å²) in [7, 11) is 2.07. The molecule has 0 amide bonds. The first-order valence-corrected chi connectivity index (χ1v) is 5.03. The van der Waals surface area contributed by atoms with Crippen LogP contribution < -0.4 is 5.73 Å². The monoisotopic (exact) mass is 179 g/mol. The van der Waals surface area contributed by atoms with Gasteiger partial charge in [-0.3, -0.25) is 0 Å². The number of nitrogens with two attached hydrogens (primary N) is 1.